The van der Waals surface area contributed by atoms with Gasteiger partial charge >= 0.3 is 12.1 Å². The minimum atomic E-state index is -4.98. The third-order valence-electron chi connectivity index (χ3n) is 3.16. The Hall–Kier alpha value is -3.56. The van der Waals surface area contributed by atoms with Crippen LogP contribution >= 0.6 is 0 Å². The van der Waals surface area contributed by atoms with Gasteiger partial charge in [0.1, 0.15) is 0 Å². The number of rotatable bonds is 4. The first-order valence-corrected chi connectivity index (χ1v) is 7.13. The third-order valence-corrected chi connectivity index (χ3v) is 3.16. The molecule has 2 amide bonds. The van der Waals surface area contributed by atoms with E-state index in [9.17, 15) is 22.8 Å². The van der Waals surface area contributed by atoms with Gasteiger partial charge in [0, 0.05) is 17.4 Å². The second-order valence-corrected chi connectivity index (χ2v) is 5.04. The minimum absolute atomic E-state index is 0.00847. The van der Waals surface area contributed by atoms with Crippen molar-refractivity contribution in [3.63, 3.8) is 0 Å². The van der Waals surface area contributed by atoms with Crippen LogP contribution in [0.4, 0.5) is 24.5 Å². The fourth-order valence-electron chi connectivity index (χ4n) is 1.95. The summed E-state index contributed by atoms with van der Waals surface area (Å²) in [6.45, 7) is 0. The van der Waals surface area contributed by atoms with Crippen molar-refractivity contribution in [3.8, 4) is 11.5 Å². The van der Waals surface area contributed by atoms with Gasteiger partial charge in [0.05, 0.1) is 6.26 Å². The Morgan fingerprint density at radius 2 is 1.62 bits per heavy atom. The molecular formula is C16H10F3N3O4. The number of alkyl halides is 3. The van der Waals surface area contributed by atoms with E-state index in [0.29, 0.717) is 11.4 Å². The molecular weight excluding hydrogens is 355 g/mol. The number of aromatic nitrogens is 1. The van der Waals surface area contributed by atoms with Crippen LogP contribution in [0.3, 0.4) is 0 Å². The lowest BCUT2D eigenvalue weighted by molar-refractivity contribution is -0.167. The lowest BCUT2D eigenvalue weighted by Gasteiger charge is -2.08. The van der Waals surface area contributed by atoms with Crippen molar-refractivity contribution in [1.29, 1.82) is 0 Å². The van der Waals surface area contributed by atoms with E-state index in [1.807, 2.05) is 0 Å². The van der Waals surface area contributed by atoms with E-state index in [2.05, 4.69) is 10.5 Å². The Morgan fingerprint density at radius 3 is 2.19 bits per heavy atom. The molecule has 0 aliphatic carbocycles. The molecule has 0 spiro atoms. The van der Waals surface area contributed by atoms with E-state index in [0.717, 1.165) is 0 Å². The number of carbonyl (C=O) groups excluding carboxylic acids is 2. The Kier molecular flexibility index (Phi) is 4.48. The average molecular weight is 365 g/mol. The van der Waals surface area contributed by atoms with Crippen molar-refractivity contribution < 1.29 is 31.7 Å². The Labute approximate surface area is 143 Å². The highest BCUT2D eigenvalue weighted by molar-refractivity contribution is 6.03. The van der Waals surface area contributed by atoms with Gasteiger partial charge in [-0.25, -0.2) is 0 Å². The summed E-state index contributed by atoms with van der Waals surface area (Å²) in [6.07, 6.45) is -3.54. The van der Waals surface area contributed by atoms with Gasteiger partial charge < -0.3 is 19.6 Å². The van der Waals surface area contributed by atoms with Gasteiger partial charge in [-0.15, -0.1) is 0 Å². The van der Waals surface area contributed by atoms with E-state index in [-0.39, 0.29) is 17.1 Å². The molecule has 2 N–H and O–H groups in total. The van der Waals surface area contributed by atoms with Crippen LogP contribution in [-0.2, 0) is 4.79 Å². The van der Waals surface area contributed by atoms with Crippen LogP contribution in [0, 0.1) is 0 Å². The Morgan fingerprint density at radius 1 is 0.962 bits per heavy atom. The van der Waals surface area contributed by atoms with Crippen molar-refractivity contribution in [3.05, 3.63) is 54.4 Å². The number of anilines is 2. The highest BCUT2D eigenvalue weighted by atomic mass is 19.4. The molecule has 10 heteroatoms. The Bertz CT molecular complexity index is 915. The van der Waals surface area contributed by atoms with Gasteiger partial charge in [0.25, 0.3) is 5.91 Å². The SMILES string of the molecule is O=C(Nc1ccc(NC(=O)C(F)(F)F)cc1)c1cc(-c2ccco2)on1. The summed E-state index contributed by atoms with van der Waals surface area (Å²) in [6, 6.07) is 9.76. The van der Waals surface area contributed by atoms with Crippen molar-refractivity contribution in [1.82, 2.24) is 5.16 Å². The molecule has 0 aliphatic rings. The van der Waals surface area contributed by atoms with Crippen LogP contribution in [0.5, 0.6) is 0 Å². The maximum Gasteiger partial charge on any atom is 0.471 e. The number of carbonyl (C=O) groups is 2. The standard InChI is InChI=1S/C16H10F3N3O4/c17-16(18,19)15(24)21-10-5-3-9(4-6-10)20-14(23)11-8-13(26-22-11)12-2-1-7-25-12/h1-8H,(H,20,23)(H,21,24). The number of nitrogens with one attached hydrogen (secondary N) is 2. The van der Waals surface area contributed by atoms with Gasteiger partial charge in [-0.2, -0.15) is 13.2 Å². The summed E-state index contributed by atoms with van der Waals surface area (Å²) in [4.78, 5) is 23.0. The summed E-state index contributed by atoms with van der Waals surface area (Å²) < 4.78 is 46.7. The number of amides is 2. The van der Waals surface area contributed by atoms with Crippen molar-refractivity contribution in [2.24, 2.45) is 0 Å². The normalized spacial score (nSPS) is 11.2. The zero-order chi connectivity index (χ0) is 18.7. The van der Waals surface area contributed by atoms with Crippen molar-refractivity contribution in [2.45, 2.75) is 6.18 Å². The molecule has 2 aromatic heterocycles. The number of halogens is 3. The molecule has 0 bridgehead atoms. The fraction of sp³-hybridized carbons (Fsp3) is 0.0625. The van der Waals surface area contributed by atoms with Crippen LogP contribution in [0.15, 0.2) is 57.7 Å². The summed E-state index contributed by atoms with van der Waals surface area (Å²) in [5.74, 6) is -1.99. The van der Waals surface area contributed by atoms with E-state index < -0.39 is 18.0 Å². The van der Waals surface area contributed by atoms with E-state index >= 15 is 0 Å². The van der Waals surface area contributed by atoms with Crippen molar-refractivity contribution >= 4 is 23.2 Å². The lowest BCUT2D eigenvalue weighted by Crippen LogP contribution is -2.29. The molecule has 0 fully saturated rings. The van der Waals surface area contributed by atoms with Crippen LogP contribution < -0.4 is 10.6 Å². The molecule has 0 unspecified atom stereocenters. The topological polar surface area (TPSA) is 97.4 Å². The first kappa shape index (κ1) is 17.3. The predicted octanol–water partition coefficient (Wildman–Crippen LogP) is 3.69. The smallest absolute Gasteiger partial charge is 0.461 e. The number of hydrogen-bond acceptors (Lipinski definition) is 5. The molecule has 7 nitrogen and oxygen atoms in total. The second kappa shape index (κ2) is 6.75. The van der Waals surface area contributed by atoms with Gasteiger partial charge in [-0.1, -0.05) is 5.16 Å². The van der Waals surface area contributed by atoms with Crippen LogP contribution in [-0.4, -0.2) is 23.1 Å². The van der Waals surface area contributed by atoms with Gasteiger partial charge in [0.15, 0.2) is 11.5 Å². The molecule has 3 aromatic rings. The molecule has 26 heavy (non-hydrogen) atoms. The number of furan rings is 1. The largest absolute Gasteiger partial charge is 0.471 e. The first-order valence-electron chi connectivity index (χ1n) is 7.13. The molecule has 0 radical (unpaired) electrons. The Balaban J connectivity index is 1.64. The van der Waals surface area contributed by atoms with Gasteiger partial charge in [-0.05, 0) is 36.4 Å². The fourth-order valence-corrected chi connectivity index (χ4v) is 1.95. The molecule has 134 valence electrons. The maximum absolute atomic E-state index is 12.2. The van der Waals surface area contributed by atoms with Crippen LogP contribution in [0.2, 0.25) is 0 Å². The lowest BCUT2D eigenvalue weighted by atomic mass is 10.2. The highest BCUT2D eigenvalue weighted by Crippen LogP contribution is 2.22. The molecule has 1 aromatic carbocycles. The monoisotopic (exact) mass is 365 g/mol. The average Bonchev–Trinajstić information content (AvgIpc) is 3.27. The maximum atomic E-state index is 12.2. The predicted molar refractivity (Wildman–Crippen MR) is 83.3 cm³/mol. The van der Waals surface area contributed by atoms with Crippen LogP contribution in [0.25, 0.3) is 11.5 Å². The summed E-state index contributed by atoms with van der Waals surface area (Å²) in [7, 11) is 0. The third kappa shape index (κ3) is 3.91. The zero-order valence-corrected chi connectivity index (χ0v) is 12.8. The molecule has 0 aliphatic heterocycles. The number of nitrogens with zero attached hydrogens (tertiary/aromatic N) is 1. The molecule has 3 rings (SSSR count). The molecule has 0 atom stereocenters. The first-order chi connectivity index (χ1) is 12.3. The quantitative estimate of drug-likeness (QED) is 0.735. The van der Waals surface area contributed by atoms with Crippen molar-refractivity contribution in [2.75, 3.05) is 10.6 Å². The van der Waals surface area contributed by atoms with E-state index in [1.165, 1.54) is 36.6 Å². The molecule has 0 saturated heterocycles. The number of hydrogen-bond donors (Lipinski definition) is 2. The highest BCUT2D eigenvalue weighted by Gasteiger charge is 2.38. The van der Waals surface area contributed by atoms with E-state index in [4.69, 9.17) is 8.94 Å². The zero-order valence-electron chi connectivity index (χ0n) is 12.8. The van der Waals surface area contributed by atoms with E-state index in [1.54, 1.807) is 17.4 Å². The second-order valence-electron chi connectivity index (χ2n) is 5.04. The minimum Gasteiger partial charge on any atom is -0.461 e. The summed E-state index contributed by atoms with van der Waals surface area (Å²) in [5.41, 5.74) is 0.222. The van der Waals surface area contributed by atoms with Crippen LogP contribution in [0.1, 0.15) is 10.5 Å². The van der Waals surface area contributed by atoms with Gasteiger partial charge in [-0.3, -0.25) is 9.59 Å². The molecule has 0 saturated carbocycles. The summed E-state index contributed by atoms with van der Waals surface area (Å²) in [5, 5.41) is 7.82. The van der Waals surface area contributed by atoms with Gasteiger partial charge in [0.2, 0.25) is 5.76 Å². The molecule has 2 heterocycles. The summed E-state index contributed by atoms with van der Waals surface area (Å²) >= 11 is 0. The number of benzene rings is 1.